The summed E-state index contributed by atoms with van der Waals surface area (Å²) in [5.74, 6) is 0.818. The highest BCUT2D eigenvalue weighted by Crippen LogP contribution is 2.35. The van der Waals surface area contributed by atoms with Crippen molar-refractivity contribution in [1.29, 1.82) is 0 Å². The highest BCUT2D eigenvalue weighted by Gasteiger charge is 2.07. The zero-order valence-corrected chi connectivity index (χ0v) is 7.82. The van der Waals surface area contributed by atoms with E-state index in [1.807, 2.05) is 6.07 Å². The lowest BCUT2D eigenvalue weighted by molar-refractivity contribution is 0.416. The van der Waals surface area contributed by atoms with Crippen molar-refractivity contribution in [3.05, 3.63) is 30.3 Å². The largest absolute Gasteiger partial charge is 0.507 e. The molecule has 0 fully saturated rings. The Kier molecular flexibility index (Phi) is 1.93. The SMILES string of the molecule is COc1ccc(N)c2cccc(O)c12. The molecule has 3 nitrogen and oxygen atoms in total. The van der Waals surface area contributed by atoms with Crippen molar-refractivity contribution < 1.29 is 9.84 Å². The second-order valence-corrected chi connectivity index (χ2v) is 3.06. The number of nitrogen functional groups attached to an aromatic ring is 1. The van der Waals surface area contributed by atoms with Gasteiger partial charge in [0.05, 0.1) is 12.5 Å². The average Bonchev–Trinajstić information content (AvgIpc) is 2.20. The number of fused-ring (bicyclic) bond motifs is 1. The van der Waals surface area contributed by atoms with Crippen LogP contribution in [0.2, 0.25) is 0 Å². The highest BCUT2D eigenvalue weighted by atomic mass is 16.5. The minimum Gasteiger partial charge on any atom is -0.507 e. The van der Waals surface area contributed by atoms with Gasteiger partial charge in [-0.25, -0.2) is 0 Å². The van der Waals surface area contributed by atoms with Crippen LogP contribution in [0.25, 0.3) is 10.8 Å². The van der Waals surface area contributed by atoms with Crippen molar-refractivity contribution >= 4 is 16.5 Å². The average molecular weight is 189 g/mol. The minimum absolute atomic E-state index is 0.187. The molecule has 2 rings (SSSR count). The Hall–Kier alpha value is -1.90. The third kappa shape index (κ3) is 1.14. The number of phenolic OH excluding ortho intramolecular Hbond substituents is 1. The number of hydrogen-bond acceptors (Lipinski definition) is 3. The van der Waals surface area contributed by atoms with Crippen LogP contribution in [0.5, 0.6) is 11.5 Å². The summed E-state index contributed by atoms with van der Waals surface area (Å²) in [6.45, 7) is 0. The predicted octanol–water partition coefficient (Wildman–Crippen LogP) is 2.14. The maximum atomic E-state index is 9.67. The van der Waals surface area contributed by atoms with Gasteiger partial charge in [0.15, 0.2) is 0 Å². The van der Waals surface area contributed by atoms with Crippen molar-refractivity contribution in [3.63, 3.8) is 0 Å². The van der Waals surface area contributed by atoms with Crippen molar-refractivity contribution in [2.75, 3.05) is 12.8 Å². The highest BCUT2D eigenvalue weighted by molar-refractivity contribution is 6.00. The van der Waals surface area contributed by atoms with E-state index in [-0.39, 0.29) is 5.75 Å². The molecule has 2 aromatic rings. The Labute approximate surface area is 81.7 Å². The van der Waals surface area contributed by atoms with Gasteiger partial charge in [-0.3, -0.25) is 0 Å². The number of benzene rings is 2. The molecule has 0 aliphatic rings. The van der Waals surface area contributed by atoms with E-state index in [1.165, 1.54) is 0 Å². The standard InChI is InChI=1S/C11H11NO2/c1-14-10-6-5-8(12)7-3-2-4-9(13)11(7)10/h2-6,13H,12H2,1H3. The van der Waals surface area contributed by atoms with E-state index in [4.69, 9.17) is 10.5 Å². The van der Waals surface area contributed by atoms with Crippen molar-refractivity contribution in [2.45, 2.75) is 0 Å². The summed E-state index contributed by atoms with van der Waals surface area (Å²) in [5.41, 5.74) is 6.42. The Balaban J connectivity index is 2.92. The van der Waals surface area contributed by atoms with Gasteiger partial charge in [0.25, 0.3) is 0 Å². The molecule has 2 aromatic carbocycles. The molecule has 0 aromatic heterocycles. The summed E-state index contributed by atoms with van der Waals surface area (Å²) in [4.78, 5) is 0. The molecule has 0 unspecified atom stereocenters. The zero-order valence-electron chi connectivity index (χ0n) is 7.82. The topological polar surface area (TPSA) is 55.5 Å². The van der Waals surface area contributed by atoms with Gasteiger partial charge in [-0.1, -0.05) is 12.1 Å². The third-order valence-corrected chi connectivity index (χ3v) is 2.23. The zero-order chi connectivity index (χ0) is 10.1. The number of methoxy groups -OCH3 is 1. The van der Waals surface area contributed by atoms with Crippen LogP contribution in [0.15, 0.2) is 30.3 Å². The Morgan fingerprint density at radius 1 is 1.21 bits per heavy atom. The van der Waals surface area contributed by atoms with Crippen LogP contribution >= 0.6 is 0 Å². The molecule has 0 saturated carbocycles. The number of aromatic hydroxyl groups is 1. The van der Waals surface area contributed by atoms with Crippen LogP contribution in [-0.4, -0.2) is 12.2 Å². The van der Waals surface area contributed by atoms with Crippen LogP contribution in [0.4, 0.5) is 5.69 Å². The number of hydrogen-bond donors (Lipinski definition) is 2. The van der Waals surface area contributed by atoms with Crippen LogP contribution in [0, 0.1) is 0 Å². The van der Waals surface area contributed by atoms with Crippen LogP contribution in [0.1, 0.15) is 0 Å². The fourth-order valence-electron chi connectivity index (χ4n) is 1.55. The number of anilines is 1. The molecule has 0 saturated heterocycles. The maximum absolute atomic E-state index is 9.67. The molecule has 0 aliphatic heterocycles. The fraction of sp³-hybridized carbons (Fsp3) is 0.0909. The summed E-state index contributed by atoms with van der Waals surface area (Å²) in [5, 5.41) is 11.1. The van der Waals surface area contributed by atoms with Gasteiger partial charge in [-0.15, -0.1) is 0 Å². The molecule has 0 spiro atoms. The van der Waals surface area contributed by atoms with Crippen LogP contribution < -0.4 is 10.5 Å². The van der Waals surface area contributed by atoms with Crippen LogP contribution in [-0.2, 0) is 0 Å². The molecular weight excluding hydrogens is 178 g/mol. The second kappa shape index (κ2) is 3.10. The predicted molar refractivity (Wildman–Crippen MR) is 56.6 cm³/mol. The first kappa shape index (κ1) is 8.69. The van der Waals surface area contributed by atoms with E-state index < -0.39 is 0 Å². The Morgan fingerprint density at radius 2 is 2.00 bits per heavy atom. The van der Waals surface area contributed by atoms with Gasteiger partial charge < -0.3 is 15.6 Å². The van der Waals surface area contributed by atoms with Gasteiger partial charge in [0, 0.05) is 11.1 Å². The third-order valence-electron chi connectivity index (χ3n) is 2.23. The molecule has 3 N–H and O–H groups in total. The lowest BCUT2D eigenvalue weighted by Crippen LogP contribution is -1.90. The summed E-state index contributed by atoms with van der Waals surface area (Å²) in [6.07, 6.45) is 0. The normalized spacial score (nSPS) is 10.4. The lowest BCUT2D eigenvalue weighted by atomic mass is 10.1. The van der Waals surface area contributed by atoms with Gasteiger partial charge in [0.2, 0.25) is 0 Å². The van der Waals surface area contributed by atoms with E-state index in [0.29, 0.717) is 16.8 Å². The number of ether oxygens (including phenoxy) is 1. The first-order valence-electron chi connectivity index (χ1n) is 4.28. The summed E-state index contributed by atoms with van der Waals surface area (Å²) < 4.78 is 5.15. The molecule has 0 heterocycles. The van der Waals surface area contributed by atoms with Crippen molar-refractivity contribution in [3.8, 4) is 11.5 Å². The monoisotopic (exact) mass is 189 g/mol. The van der Waals surface area contributed by atoms with Crippen LogP contribution in [0.3, 0.4) is 0 Å². The van der Waals surface area contributed by atoms with Gasteiger partial charge in [0.1, 0.15) is 11.5 Å². The molecular formula is C11H11NO2. The summed E-state index contributed by atoms with van der Waals surface area (Å²) >= 11 is 0. The van der Waals surface area contributed by atoms with E-state index in [1.54, 1.807) is 31.4 Å². The molecule has 0 bridgehead atoms. The Morgan fingerprint density at radius 3 is 2.71 bits per heavy atom. The fourth-order valence-corrected chi connectivity index (χ4v) is 1.55. The van der Waals surface area contributed by atoms with Gasteiger partial charge in [-0.05, 0) is 18.2 Å². The van der Waals surface area contributed by atoms with Gasteiger partial charge >= 0.3 is 0 Å². The summed E-state index contributed by atoms with van der Waals surface area (Å²) in [7, 11) is 1.57. The molecule has 0 aliphatic carbocycles. The number of phenols is 1. The first-order valence-corrected chi connectivity index (χ1v) is 4.28. The van der Waals surface area contributed by atoms with E-state index in [2.05, 4.69) is 0 Å². The lowest BCUT2D eigenvalue weighted by Gasteiger charge is -2.08. The summed E-state index contributed by atoms with van der Waals surface area (Å²) in [6, 6.07) is 8.74. The van der Waals surface area contributed by atoms with Crippen molar-refractivity contribution in [1.82, 2.24) is 0 Å². The van der Waals surface area contributed by atoms with E-state index in [9.17, 15) is 5.11 Å². The van der Waals surface area contributed by atoms with E-state index in [0.717, 1.165) is 5.39 Å². The quantitative estimate of drug-likeness (QED) is 0.676. The molecule has 0 atom stereocenters. The van der Waals surface area contributed by atoms with E-state index >= 15 is 0 Å². The van der Waals surface area contributed by atoms with Gasteiger partial charge in [-0.2, -0.15) is 0 Å². The molecule has 0 amide bonds. The minimum atomic E-state index is 0.187. The molecule has 14 heavy (non-hydrogen) atoms. The number of rotatable bonds is 1. The van der Waals surface area contributed by atoms with Crippen molar-refractivity contribution in [2.24, 2.45) is 0 Å². The molecule has 0 radical (unpaired) electrons. The molecule has 3 heteroatoms. The molecule has 72 valence electrons. The Bertz CT molecular complexity index is 480. The number of nitrogens with two attached hydrogens (primary N) is 1. The maximum Gasteiger partial charge on any atom is 0.130 e. The second-order valence-electron chi connectivity index (χ2n) is 3.06. The smallest absolute Gasteiger partial charge is 0.130 e. The first-order chi connectivity index (χ1) is 6.74.